The van der Waals surface area contributed by atoms with Crippen molar-refractivity contribution in [2.24, 2.45) is 29.4 Å². The SMILES string of the molecule is CC[C@H](C)[C@@H]([C@@H](CC)OC)N(C)C(=O)[C@@H](NC(=O)[C@H](C(C)C)N(C)C(=O)OCc1ccc(NC(=O)[C@H](CCCNC(N)=O)NC(=O)[C@H](C(C)C)N(C)C(=O)CCCCCN2C(=O)C=CC2=O)cc1)C(C)C. The van der Waals surface area contributed by atoms with E-state index in [1.165, 1.54) is 36.0 Å². The van der Waals surface area contributed by atoms with E-state index in [1.54, 1.807) is 71.0 Å². The first-order valence-corrected chi connectivity index (χ1v) is 24.9. The number of likely N-dealkylation sites (N-methyl/N-ethyl adjacent to an activating group) is 3. The van der Waals surface area contributed by atoms with Crippen molar-refractivity contribution in [1.82, 2.24) is 35.6 Å². The molecule has 10 amide bonds. The number of amides is 10. The Labute approximate surface area is 420 Å². The minimum absolute atomic E-state index is 0.118. The number of hydrogen-bond acceptors (Lipinski definition) is 11. The minimum atomic E-state index is -1.07. The van der Waals surface area contributed by atoms with Gasteiger partial charge >= 0.3 is 12.1 Å². The van der Waals surface area contributed by atoms with Gasteiger partial charge < -0.3 is 46.3 Å². The van der Waals surface area contributed by atoms with Crippen LogP contribution in [-0.2, 0) is 49.6 Å². The molecule has 0 unspecified atom stereocenters. The summed E-state index contributed by atoms with van der Waals surface area (Å²) in [5, 5.41) is 11.0. The molecule has 0 fully saturated rings. The van der Waals surface area contributed by atoms with Crippen molar-refractivity contribution in [1.29, 1.82) is 0 Å². The van der Waals surface area contributed by atoms with Gasteiger partial charge in [-0.3, -0.25) is 43.4 Å². The van der Waals surface area contributed by atoms with Crippen LogP contribution < -0.4 is 27.0 Å². The summed E-state index contributed by atoms with van der Waals surface area (Å²) < 4.78 is 11.4. The molecule has 1 aromatic rings. The molecule has 0 saturated heterocycles. The lowest BCUT2D eigenvalue weighted by Crippen LogP contribution is -2.60. The van der Waals surface area contributed by atoms with Gasteiger partial charge in [-0.2, -0.15) is 0 Å². The van der Waals surface area contributed by atoms with Crippen LogP contribution in [0.25, 0.3) is 0 Å². The largest absolute Gasteiger partial charge is 0.445 e. The van der Waals surface area contributed by atoms with E-state index in [4.69, 9.17) is 15.2 Å². The van der Waals surface area contributed by atoms with Gasteiger partial charge in [-0.05, 0) is 73.5 Å². The number of methoxy groups -OCH3 is 1. The number of benzene rings is 1. The molecule has 0 aliphatic carbocycles. The Kier molecular flexibility index (Phi) is 25.8. The van der Waals surface area contributed by atoms with E-state index >= 15 is 0 Å². The number of hydrogen-bond donors (Lipinski definition) is 5. The molecule has 0 spiro atoms. The van der Waals surface area contributed by atoms with Gasteiger partial charge in [0.15, 0.2) is 0 Å². The summed E-state index contributed by atoms with van der Waals surface area (Å²) in [7, 11) is 6.38. The van der Waals surface area contributed by atoms with E-state index in [-0.39, 0.29) is 98.4 Å². The fourth-order valence-electron chi connectivity index (χ4n) is 8.78. The number of primary amides is 1. The fraction of sp³-hybridized carbons (Fsp3) is 0.667. The van der Waals surface area contributed by atoms with Gasteiger partial charge in [0.25, 0.3) is 11.8 Å². The average molecular weight is 998 g/mol. The van der Waals surface area contributed by atoms with Gasteiger partial charge in [-0.15, -0.1) is 0 Å². The number of urea groups is 1. The van der Waals surface area contributed by atoms with Crippen LogP contribution in [0.1, 0.15) is 119 Å². The molecule has 20 heteroatoms. The topological polar surface area (TPSA) is 259 Å². The molecule has 398 valence electrons. The molecule has 0 bridgehead atoms. The smallest absolute Gasteiger partial charge is 0.410 e. The number of carbonyl (C=O) groups excluding carboxylic acids is 9. The Balaban J connectivity index is 2.11. The molecular formula is C51H83N9O11. The Bertz CT molecular complexity index is 1970. The van der Waals surface area contributed by atoms with Crippen molar-refractivity contribution in [2.75, 3.05) is 46.7 Å². The molecule has 1 heterocycles. The van der Waals surface area contributed by atoms with Crippen LogP contribution in [0, 0.1) is 23.7 Å². The number of unbranched alkanes of at least 4 members (excludes halogenated alkanes) is 2. The first-order valence-electron chi connectivity index (χ1n) is 24.9. The van der Waals surface area contributed by atoms with Gasteiger partial charge in [0.2, 0.25) is 29.5 Å². The van der Waals surface area contributed by atoms with Crippen molar-refractivity contribution in [3.8, 4) is 0 Å². The number of rotatable bonds is 30. The molecule has 7 atom stereocenters. The van der Waals surface area contributed by atoms with Crippen LogP contribution in [-0.4, -0.2) is 151 Å². The number of nitrogens with one attached hydrogen (secondary N) is 4. The minimum Gasteiger partial charge on any atom is -0.445 e. The summed E-state index contributed by atoms with van der Waals surface area (Å²) in [5.74, 6) is -3.64. The quantitative estimate of drug-likeness (QED) is 0.0527. The van der Waals surface area contributed by atoms with Gasteiger partial charge in [0.1, 0.15) is 30.8 Å². The lowest BCUT2D eigenvalue weighted by atomic mass is 9.90. The highest BCUT2D eigenvalue weighted by atomic mass is 16.6. The highest BCUT2D eigenvalue weighted by Crippen LogP contribution is 2.24. The zero-order valence-electron chi connectivity index (χ0n) is 44.4. The summed E-state index contributed by atoms with van der Waals surface area (Å²) in [6.45, 7) is 17.3. The number of nitrogens with two attached hydrogens (primary N) is 1. The molecule has 6 N–H and O–H groups in total. The predicted molar refractivity (Wildman–Crippen MR) is 270 cm³/mol. The van der Waals surface area contributed by atoms with E-state index in [0.717, 1.165) is 11.3 Å². The predicted octanol–water partition coefficient (Wildman–Crippen LogP) is 4.56. The second-order valence-corrected chi connectivity index (χ2v) is 19.4. The maximum Gasteiger partial charge on any atom is 0.410 e. The van der Waals surface area contributed by atoms with Crippen LogP contribution in [0.15, 0.2) is 36.4 Å². The Hall–Kier alpha value is -6.05. The van der Waals surface area contributed by atoms with Gasteiger partial charge in [0, 0.05) is 65.6 Å². The van der Waals surface area contributed by atoms with E-state index in [9.17, 15) is 43.2 Å². The number of ether oxygens (including phenoxy) is 2. The van der Waals surface area contributed by atoms with Crippen molar-refractivity contribution >= 4 is 59.2 Å². The van der Waals surface area contributed by atoms with Crippen LogP contribution in [0.4, 0.5) is 15.3 Å². The Morgan fingerprint density at radius 2 is 1.28 bits per heavy atom. The zero-order chi connectivity index (χ0) is 53.7. The van der Waals surface area contributed by atoms with Crippen LogP contribution in [0.2, 0.25) is 0 Å². The molecule has 0 radical (unpaired) electrons. The van der Waals surface area contributed by atoms with E-state index < -0.39 is 54.0 Å². The van der Waals surface area contributed by atoms with Crippen LogP contribution >= 0.6 is 0 Å². The second kappa shape index (κ2) is 30.0. The Morgan fingerprint density at radius 1 is 0.704 bits per heavy atom. The lowest BCUT2D eigenvalue weighted by Gasteiger charge is -2.40. The maximum absolute atomic E-state index is 14.0. The lowest BCUT2D eigenvalue weighted by molar-refractivity contribution is -0.143. The number of anilines is 1. The monoisotopic (exact) mass is 998 g/mol. The molecule has 0 aromatic heterocycles. The van der Waals surface area contributed by atoms with E-state index in [1.807, 2.05) is 20.8 Å². The number of imide groups is 1. The second-order valence-electron chi connectivity index (χ2n) is 19.4. The Morgan fingerprint density at radius 3 is 1.80 bits per heavy atom. The summed E-state index contributed by atoms with van der Waals surface area (Å²) in [6, 6.07) is 1.72. The number of carbonyl (C=O) groups is 9. The third kappa shape index (κ3) is 18.6. The molecule has 1 aromatic carbocycles. The number of nitrogens with zero attached hydrogens (tertiary/aromatic N) is 4. The molecule has 20 nitrogen and oxygen atoms in total. The van der Waals surface area contributed by atoms with Gasteiger partial charge in [-0.25, -0.2) is 9.59 Å². The molecule has 1 aliphatic rings. The summed E-state index contributed by atoms with van der Waals surface area (Å²) >= 11 is 0. The van der Waals surface area contributed by atoms with Gasteiger partial charge in [-0.1, -0.05) is 87.3 Å². The highest BCUT2D eigenvalue weighted by molar-refractivity contribution is 6.12. The maximum atomic E-state index is 14.0. The first kappa shape index (κ1) is 61.1. The molecule has 1 aliphatic heterocycles. The summed E-state index contributed by atoms with van der Waals surface area (Å²) in [6.07, 6.45) is 5.15. The fourth-order valence-corrected chi connectivity index (χ4v) is 8.78. The van der Waals surface area contributed by atoms with Crippen molar-refractivity contribution in [3.05, 3.63) is 42.0 Å². The van der Waals surface area contributed by atoms with Crippen LogP contribution in [0.5, 0.6) is 0 Å². The molecule has 71 heavy (non-hydrogen) atoms. The third-order valence-electron chi connectivity index (χ3n) is 13.0. The van der Waals surface area contributed by atoms with E-state index in [0.29, 0.717) is 36.9 Å². The van der Waals surface area contributed by atoms with Crippen molar-refractivity contribution < 1.29 is 52.6 Å². The summed E-state index contributed by atoms with van der Waals surface area (Å²) in [4.78, 5) is 123. The molecule has 2 rings (SSSR count). The third-order valence-corrected chi connectivity index (χ3v) is 13.0. The standard InChI is InChI=1S/C51H83N9O11/c1-14-34(9)45(38(15-2)70-13)58(11)49(67)42(31(3)4)56-48(66)44(33(7)8)59(12)51(69)71-30-35-22-24-36(25-23-35)54-46(64)37(20-19-28-53-50(52)68)55-47(65)43(32(5)6)57(10)39(61)21-17-16-18-29-60-40(62)26-27-41(60)63/h22-27,31-34,37-38,42-45H,14-21,28-30H2,1-13H3,(H,54,64)(H,55,65)(H,56,66)(H3,52,53,68)/t34-,37-,38+,42-,43-,44-,45-/m0/s1. The average Bonchev–Trinajstić information content (AvgIpc) is 3.64. The molecule has 0 saturated carbocycles. The normalized spacial score (nSPS) is 15.4. The van der Waals surface area contributed by atoms with Crippen molar-refractivity contribution in [3.63, 3.8) is 0 Å². The summed E-state index contributed by atoms with van der Waals surface area (Å²) in [5.41, 5.74) is 6.17. The van der Waals surface area contributed by atoms with Crippen molar-refractivity contribution in [2.45, 2.75) is 157 Å². The zero-order valence-corrected chi connectivity index (χ0v) is 44.4. The highest BCUT2D eigenvalue weighted by Gasteiger charge is 2.39. The van der Waals surface area contributed by atoms with E-state index in [2.05, 4.69) is 35.1 Å². The van der Waals surface area contributed by atoms with Crippen LogP contribution in [0.3, 0.4) is 0 Å². The molecular weight excluding hydrogens is 915 g/mol. The van der Waals surface area contributed by atoms with Gasteiger partial charge in [0.05, 0.1) is 12.1 Å². The first-order chi connectivity index (χ1) is 33.4.